The van der Waals surface area contributed by atoms with Gasteiger partial charge in [-0.2, -0.15) is 10.1 Å². The van der Waals surface area contributed by atoms with Crippen LogP contribution in [0.1, 0.15) is 5.56 Å². The summed E-state index contributed by atoms with van der Waals surface area (Å²) >= 11 is 0. The van der Waals surface area contributed by atoms with E-state index < -0.39 is 0 Å². The molecule has 0 unspecified atom stereocenters. The number of hydrogen-bond donors (Lipinski definition) is 1. The molecule has 3 aromatic rings. The molecule has 1 aliphatic heterocycles. The minimum atomic E-state index is -0.157. The summed E-state index contributed by atoms with van der Waals surface area (Å²) in [7, 11) is 0. The molecule has 4 rings (SSSR count). The number of anilines is 1. The summed E-state index contributed by atoms with van der Waals surface area (Å²) in [4.78, 5) is 21.8. The van der Waals surface area contributed by atoms with Gasteiger partial charge in [0.1, 0.15) is 5.39 Å². The van der Waals surface area contributed by atoms with Crippen LogP contribution in [0.15, 0.2) is 41.3 Å². The SMILES string of the molecule is O=c1[nH]c(N2CCOCC2)nc2c1cnn2Cc1ccccc1. The van der Waals surface area contributed by atoms with Gasteiger partial charge in [0.25, 0.3) is 5.56 Å². The Kier molecular flexibility index (Phi) is 3.55. The molecular formula is C16H17N5O2. The normalized spacial score (nSPS) is 15.2. The van der Waals surface area contributed by atoms with Gasteiger partial charge in [0.15, 0.2) is 5.65 Å². The molecule has 1 fully saturated rings. The number of fused-ring (bicyclic) bond motifs is 1. The van der Waals surface area contributed by atoms with Crippen molar-refractivity contribution in [1.29, 1.82) is 0 Å². The third-order valence-electron chi connectivity index (χ3n) is 3.98. The Labute approximate surface area is 132 Å². The van der Waals surface area contributed by atoms with E-state index in [1.165, 1.54) is 0 Å². The molecular weight excluding hydrogens is 294 g/mol. The van der Waals surface area contributed by atoms with Crippen molar-refractivity contribution in [3.63, 3.8) is 0 Å². The molecule has 7 heteroatoms. The van der Waals surface area contributed by atoms with Gasteiger partial charge in [0, 0.05) is 13.1 Å². The summed E-state index contributed by atoms with van der Waals surface area (Å²) in [5.74, 6) is 0.584. The number of aromatic nitrogens is 4. The van der Waals surface area contributed by atoms with Crippen molar-refractivity contribution < 1.29 is 4.74 Å². The number of nitrogens with zero attached hydrogens (tertiary/aromatic N) is 4. The van der Waals surface area contributed by atoms with Gasteiger partial charge in [0.2, 0.25) is 5.95 Å². The second kappa shape index (κ2) is 5.85. The van der Waals surface area contributed by atoms with E-state index >= 15 is 0 Å². The molecule has 1 N–H and O–H groups in total. The van der Waals surface area contributed by atoms with Crippen LogP contribution in [0.4, 0.5) is 5.95 Å². The van der Waals surface area contributed by atoms with E-state index in [2.05, 4.69) is 15.1 Å². The largest absolute Gasteiger partial charge is 0.378 e. The van der Waals surface area contributed by atoms with Crippen LogP contribution in [0.2, 0.25) is 0 Å². The predicted octanol–water partition coefficient (Wildman–Crippen LogP) is 1.00. The molecule has 23 heavy (non-hydrogen) atoms. The number of morpholine rings is 1. The van der Waals surface area contributed by atoms with Crippen LogP contribution in [0.5, 0.6) is 0 Å². The fourth-order valence-electron chi connectivity index (χ4n) is 2.75. The highest BCUT2D eigenvalue weighted by atomic mass is 16.5. The van der Waals surface area contributed by atoms with Gasteiger partial charge in [0.05, 0.1) is 26.0 Å². The van der Waals surface area contributed by atoms with Crippen molar-refractivity contribution in [2.45, 2.75) is 6.54 Å². The monoisotopic (exact) mass is 311 g/mol. The van der Waals surface area contributed by atoms with E-state index in [0.29, 0.717) is 36.7 Å². The second-order valence-corrected chi connectivity index (χ2v) is 5.51. The molecule has 0 atom stereocenters. The predicted molar refractivity (Wildman–Crippen MR) is 86.7 cm³/mol. The van der Waals surface area contributed by atoms with Gasteiger partial charge >= 0.3 is 0 Å². The van der Waals surface area contributed by atoms with E-state index in [0.717, 1.165) is 18.7 Å². The summed E-state index contributed by atoms with van der Waals surface area (Å²) in [6, 6.07) is 10.0. The van der Waals surface area contributed by atoms with Gasteiger partial charge in [-0.1, -0.05) is 30.3 Å². The van der Waals surface area contributed by atoms with Crippen molar-refractivity contribution in [3.8, 4) is 0 Å². The van der Waals surface area contributed by atoms with Crippen molar-refractivity contribution in [3.05, 3.63) is 52.4 Å². The van der Waals surface area contributed by atoms with Crippen LogP contribution >= 0.6 is 0 Å². The van der Waals surface area contributed by atoms with Crippen LogP contribution in [-0.2, 0) is 11.3 Å². The van der Waals surface area contributed by atoms with Crippen LogP contribution in [0, 0.1) is 0 Å². The summed E-state index contributed by atoms with van der Waals surface area (Å²) in [5.41, 5.74) is 1.57. The highest BCUT2D eigenvalue weighted by Crippen LogP contribution is 2.14. The Balaban J connectivity index is 1.74. The van der Waals surface area contributed by atoms with Crippen LogP contribution in [0.3, 0.4) is 0 Å². The lowest BCUT2D eigenvalue weighted by atomic mass is 10.2. The Bertz CT molecular complexity index is 865. The molecule has 0 aliphatic carbocycles. The third-order valence-corrected chi connectivity index (χ3v) is 3.98. The molecule has 2 aromatic heterocycles. The van der Waals surface area contributed by atoms with E-state index in [9.17, 15) is 4.79 Å². The summed E-state index contributed by atoms with van der Waals surface area (Å²) in [6.45, 7) is 3.32. The van der Waals surface area contributed by atoms with Crippen LogP contribution in [0.25, 0.3) is 11.0 Å². The Morgan fingerprint density at radius 2 is 1.96 bits per heavy atom. The number of H-pyrrole nitrogens is 1. The number of ether oxygens (including phenoxy) is 1. The van der Waals surface area contributed by atoms with Crippen molar-refractivity contribution in [2.24, 2.45) is 0 Å². The molecule has 0 amide bonds. The zero-order valence-electron chi connectivity index (χ0n) is 12.6. The van der Waals surface area contributed by atoms with Gasteiger partial charge in [-0.25, -0.2) is 4.68 Å². The molecule has 0 saturated carbocycles. The summed E-state index contributed by atoms with van der Waals surface area (Å²) in [5, 5.41) is 4.84. The van der Waals surface area contributed by atoms with E-state index in [1.807, 2.05) is 35.2 Å². The molecule has 1 aromatic carbocycles. The Morgan fingerprint density at radius 3 is 2.74 bits per heavy atom. The molecule has 7 nitrogen and oxygen atoms in total. The first-order valence-corrected chi connectivity index (χ1v) is 7.64. The first-order valence-electron chi connectivity index (χ1n) is 7.64. The second-order valence-electron chi connectivity index (χ2n) is 5.51. The van der Waals surface area contributed by atoms with E-state index in [4.69, 9.17) is 4.74 Å². The van der Waals surface area contributed by atoms with E-state index in [-0.39, 0.29) is 5.56 Å². The lowest BCUT2D eigenvalue weighted by Crippen LogP contribution is -2.38. The van der Waals surface area contributed by atoms with Gasteiger partial charge in [-0.05, 0) is 5.56 Å². The minimum Gasteiger partial charge on any atom is -0.378 e. The molecule has 0 spiro atoms. The number of hydrogen-bond acceptors (Lipinski definition) is 5. The summed E-state index contributed by atoms with van der Waals surface area (Å²) < 4.78 is 7.12. The standard InChI is InChI=1S/C16H17N5O2/c22-15-13-10-17-21(11-12-4-2-1-3-5-12)14(13)18-16(19-15)20-6-8-23-9-7-20/h1-5,10H,6-9,11H2,(H,18,19,22). The topological polar surface area (TPSA) is 76.0 Å². The third kappa shape index (κ3) is 2.70. The number of nitrogens with one attached hydrogen (secondary N) is 1. The number of benzene rings is 1. The lowest BCUT2D eigenvalue weighted by molar-refractivity contribution is 0.122. The lowest BCUT2D eigenvalue weighted by Gasteiger charge is -2.27. The number of rotatable bonds is 3. The zero-order valence-corrected chi connectivity index (χ0v) is 12.6. The first kappa shape index (κ1) is 14.0. The molecule has 3 heterocycles. The quantitative estimate of drug-likeness (QED) is 0.781. The highest BCUT2D eigenvalue weighted by Gasteiger charge is 2.17. The summed E-state index contributed by atoms with van der Waals surface area (Å²) in [6.07, 6.45) is 1.58. The van der Waals surface area contributed by atoms with Crippen molar-refractivity contribution >= 4 is 17.0 Å². The highest BCUT2D eigenvalue weighted by molar-refractivity contribution is 5.74. The maximum atomic E-state index is 12.3. The van der Waals surface area contributed by atoms with E-state index in [1.54, 1.807) is 10.9 Å². The Hall–Kier alpha value is -2.67. The first-order chi connectivity index (χ1) is 11.3. The average molecular weight is 311 g/mol. The average Bonchev–Trinajstić information content (AvgIpc) is 3.00. The van der Waals surface area contributed by atoms with Gasteiger partial charge in [-0.3, -0.25) is 9.78 Å². The zero-order chi connectivity index (χ0) is 15.6. The molecule has 0 radical (unpaired) electrons. The fourth-order valence-corrected chi connectivity index (χ4v) is 2.75. The van der Waals surface area contributed by atoms with Crippen molar-refractivity contribution in [1.82, 2.24) is 19.7 Å². The molecule has 1 aliphatic rings. The molecule has 1 saturated heterocycles. The molecule has 0 bridgehead atoms. The fraction of sp³-hybridized carbons (Fsp3) is 0.312. The van der Waals surface area contributed by atoms with Gasteiger partial charge < -0.3 is 9.64 Å². The molecule has 118 valence electrons. The van der Waals surface area contributed by atoms with Gasteiger partial charge in [-0.15, -0.1) is 0 Å². The smallest absolute Gasteiger partial charge is 0.263 e. The van der Waals surface area contributed by atoms with Crippen LogP contribution < -0.4 is 10.5 Å². The Morgan fingerprint density at radius 1 is 1.17 bits per heavy atom. The maximum absolute atomic E-state index is 12.3. The van der Waals surface area contributed by atoms with Crippen LogP contribution in [-0.4, -0.2) is 46.1 Å². The number of aromatic amines is 1. The maximum Gasteiger partial charge on any atom is 0.263 e. The van der Waals surface area contributed by atoms with Crippen molar-refractivity contribution in [2.75, 3.05) is 31.2 Å². The minimum absolute atomic E-state index is 0.157.